The third-order valence-electron chi connectivity index (χ3n) is 5.07. The molecule has 30 heavy (non-hydrogen) atoms. The van der Waals surface area contributed by atoms with Crippen LogP contribution in [0, 0.1) is 0 Å². The second-order valence-corrected chi connectivity index (χ2v) is 8.98. The summed E-state index contributed by atoms with van der Waals surface area (Å²) in [7, 11) is -1.64. The smallest absolute Gasteiger partial charge is 0.409 e. The van der Waals surface area contributed by atoms with Crippen LogP contribution in [0.25, 0.3) is 0 Å². The maximum atomic E-state index is 6.11. The van der Waals surface area contributed by atoms with Gasteiger partial charge in [0.2, 0.25) is 0 Å². The van der Waals surface area contributed by atoms with Gasteiger partial charge in [-0.2, -0.15) is 0 Å². The molecule has 3 rings (SSSR count). The van der Waals surface area contributed by atoms with Gasteiger partial charge in [0.25, 0.3) is 0 Å². The molecule has 3 aromatic rings. The average molecular weight is 423 g/mol. The van der Waals surface area contributed by atoms with Gasteiger partial charge in [-0.1, -0.05) is 88.6 Å². The summed E-state index contributed by atoms with van der Waals surface area (Å²) in [5, 5.41) is 0. The van der Waals surface area contributed by atoms with Crippen LogP contribution in [-0.2, 0) is 5.41 Å². The summed E-state index contributed by atoms with van der Waals surface area (Å²) in [6.45, 7) is 6.86. The third kappa shape index (κ3) is 6.78. The second kappa shape index (κ2) is 11.0. The maximum Gasteiger partial charge on any atom is 0.530 e. The predicted octanol–water partition coefficient (Wildman–Crippen LogP) is 8.31. The summed E-state index contributed by atoms with van der Waals surface area (Å²) in [6.07, 6.45) is 4.96. The van der Waals surface area contributed by atoms with Crippen molar-refractivity contribution in [3.8, 4) is 17.2 Å². The third-order valence-corrected chi connectivity index (χ3v) is 6.15. The van der Waals surface area contributed by atoms with Gasteiger partial charge in [0.05, 0.1) is 0 Å². The van der Waals surface area contributed by atoms with E-state index in [1.807, 2.05) is 72.8 Å². The fourth-order valence-corrected chi connectivity index (χ4v) is 4.20. The minimum atomic E-state index is -1.64. The van der Waals surface area contributed by atoms with E-state index < -0.39 is 8.60 Å². The van der Waals surface area contributed by atoms with Crippen molar-refractivity contribution in [2.75, 3.05) is 0 Å². The van der Waals surface area contributed by atoms with Crippen molar-refractivity contribution in [3.05, 3.63) is 90.5 Å². The van der Waals surface area contributed by atoms with Crippen molar-refractivity contribution in [1.29, 1.82) is 0 Å². The first-order valence-corrected chi connectivity index (χ1v) is 11.7. The van der Waals surface area contributed by atoms with Crippen LogP contribution in [0.4, 0.5) is 0 Å². The van der Waals surface area contributed by atoms with Gasteiger partial charge in [-0.25, -0.2) is 0 Å². The molecule has 0 aliphatic rings. The molecular formula is C26H31O3P. The van der Waals surface area contributed by atoms with Gasteiger partial charge >= 0.3 is 8.60 Å². The number of rotatable bonds is 11. The van der Waals surface area contributed by atoms with E-state index in [4.69, 9.17) is 13.6 Å². The van der Waals surface area contributed by atoms with Crippen molar-refractivity contribution in [3.63, 3.8) is 0 Å². The van der Waals surface area contributed by atoms with Crippen LogP contribution in [0.15, 0.2) is 84.9 Å². The Morgan fingerprint density at radius 2 is 1.10 bits per heavy atom. The van der Waals surface area contributed by atoms with E-state index >= 15 is 0 Å². The van der Waals surface area contributed by atoms with E-state index in [1.165, 1.54) is 31.2 Å². The molecule has 4 heteroatoms. The lowest BCUT2D eigenvalue weighted by Crippen LogP contribution is -2.16. The summed E-state index contributed by atoms with van der Waals surface area (Å²) in [6, 6.07) is 27.5. The first-order chi connectivity index (χ1) is 14.6. The fraction of sp³-hybridized carbons (Fsp3) is 0.308. The summed E-state index contributed by atoms with van der Waals surface area (Å²) in [4.78, 5) is 0. The Hall–Kier alpha value is -2.51. The number of benzene rings is 3. The van der Waals surface area contributed by atoms with E-state index in [2.05, 4.69) is 32.9 Å². The number of unbranched alkanes of at least 4 members (excludes halogenated alkanes) is 2. The van der Waals surface area contributed by atoms with E-state index in [1.54, 1.807) is 0 Å². The molecule has 0 saturated carbocycles. The fourth-order valence-electron chi connectivity index (χ4n) is 3.21. The molecular weight excluding hydrogens is 391 g/mol. The molecule has 158 valence electrons. The largest absolute Gasteiger partial charge is 0.530 e. The minimum Gasteiger partial charge on any atom is -0.409 e. The molecule has 3 aromatic carbocycles. The van der Waals surface area contributed by atoms with Crippen molar-refractivity contribution < 1.29 is 13.6 Å². The van der Waals surface area contributed by atoms with Crippen LogP contribution < -0.4 is 13.6 Å². The van der Waals surface area contributed by atoms with Crippen molar-refractivity contribution in [2.45, 2.75) is 51.9 Å². The Balaban J connectivity index is 1.70. The lowest BCUT2D eigenvalue weighted by Gasteiger charge is -2.25. The van der Waals surface area contributed by atoms with Gasteiger partial charge in [0.1, 0.15) is 17.2 Å². The van der Waals surface area contributed by atoms with Crippen LogP contribution in [0.5, 0.6) is 17.2 Å². The Bertz CT molecular complexity index is 822. The predicted molar refractivity (Wildman–Crippen MR) is 125 cm³/mol. The van der Waals surface area contributed by atoms with Crippen molar-refractivity contribution >= 4 is 8.60 Å². The lowest BCUT2D eigenvalue weighted by atomic mass is 9.80. The van der Waals surface area contributed by atoms with Gasteiger partial charge in [-0.05, 0) is 53.8 Å². The van der Waals surface area contributed by atoms with Gasteiger partial charge in [-0.3, -0.25) is 0 Å². The van der Waals surface area contributed by atoms with Crippen LogP contribution in [-0.4, -0.2) is 0 Å². The standard InChI is InChI=1S/C26H31O3P/c1-4-5-12-21-26(2,3)22-17-19-25(20-18-22)29-30(27-23-13-8-6-9-14-23)28-24-15-10-7-11-16-24/h6-11,13-20H,4-5,12,21H2,1-3H3. The van der Waals surface area contributed by atoms with Crippen molar-refractivity contribution in [2.24, 2.45) is 0 Å². The molecule has 0 aromatic heterocycles. The molecule has 0 aliphatic carbocycles. The molecule has 0 aliphatic heterocycles. The van der Waals surface area contributed by atoms with E-state index in [9.17, 15) is 0 Å². The quantitative estimate of drug-likeness (QED) is 0.230. The van der Waals surface area contributed by atoms with Gasteiger partial charge in [0.15, 0.2) is 0 Å². The Morgan fingerprint density at radius 3 is 1.57 bits per heavy atom. The van der Waals surface area contributed by atoms with E-state index in [-0.39, 0.29) is 5.41 Å². The average Bonchev–Trinajstić information content (AvgIpc) is 2.76. The summed E-state index contributed by atoms with van der Waals surface area (Å²) in [5.41, 5.74) is 1.47. The molecule has 0 spiro atoms. The minimum absolute atomic E-state index is 0.152. The Labute approximate surface area is 182 Å². The molecule has 0 bridgehead atoms. The normalized spacial score (nSPS) is 11.3. The molecule has 0 unspecified atom stereocenters. The molecule has 0 radical (unpaired) electrons. The highest BCUT2D eigenvalue weighted by molar-refractivity contribution is 7.43. The maximum absolute atomic E-state index is 6.11. The Morgan fingerprint density at radius 1 is 0.633 bits per heavy atom. The SMILES string of the molecule is CCCCCC(C)(C)c1ccc(OP(Oc2ccccc2)Oc2ccccc2)cc1. The second-order valence-electron chi connectivity index (χ2n) is 7.99. The van der Waals surface area contributed by atoms with Crippen LogP contribution in [0.2, 0.25) is 0 Å². The topological polar surface area (TPSA) is 27.7 Å². The highest BCUT2D eigenvalue weighted by Gasteiger charge is 2.22. The first kappa shape index (κ1) is 22.2. The van der Waals surface area contributed by atoms with Gasteiger partial charge in [0, 0.05) is 0 Å². The van der Waals surface area contributed by atoms with E-state index in [0.717, 1.165) is 5.75 Å². The van der Waals surface area contributed by atoms with Gasteiger partial charge < -0.3 is 13.6 Å². The van der Waals surface area contributed by atoms with Crippen LogP contribution in [0.3, 0.4) is 0 Å². The number of hydrogen-bond acceptors (Lipinski definition) is 3. The summed E-state index contributed by atoms with van der Waals surface area (Å²) >= 11 is 0. The highest BCUT2D eigenvalue weighted by Crippen LogP contribution is 2.42. The zero-order valence-electron chi connectivity index (χ0n) is 18.1. The van der Waals surface area contributed by atoms with Crippen molar-refractivity contribution in [1.82, 2.24) is 0 Å². The van der Waals surface area contributed by atoms with E-state index in [0.29, 0.717) is 11.5 Å². The molecule has 0 heterocycles. The molecule has 3 nitrogen and oxygen atoms in total. The highest BCUT2D eigenvalue weighted by atomic mass is 31.2. The first-order valence-electron chi connectivity index (χ1n) is 10.6. The molecule has 0 atom stereocenters. The Kier molecular flexibility index (Phi) is 8.16. The number of para-hydroxylation sites is 2. The van der Waals surface area contributed by atoms with Crippen LogP contribution >= 0.6 is 8.60 Å². The zero-order valence-corrected chi connectivity index (χ0v) is 19.0. The molecule has 0 amide bonds. The summed E-state index contributed by atoms with van der Waals surface area (Å²) in [5.74, 6) is 2.17. The van der Waals surface area contributed by atoms with Gasteiger partial charge in [-0.15, -0.1) is 0 Å². The zero-order chi connectivity index (χ0) is 21.2. The molecule has 0 saturated heterocycles. The molecule has 0 fully saturated rings. The number of hydrogen-bond donors (Lipinski definition) is 0. The summed E-state index contributed by atoms with van der Waals surface area (Å²) < 4.78 is 18.1. The van der Waals surface area contributed by atoms with Crippen LogP contribution in [0.1, 0.15) is 52.0 Å². The monoisotopic (exact) mass is 422 g/mol. The molecule has 0 N–H and O–H groups in total. The lowest BCUT2D eigenvalue weighted by molar-refractivity contribution is 0.388.